The van der Waals surface area contributed by atoms with Crippen LogP contribution in [0.2, 0.25) is 0 Å². The predicted molar refractivity (Wildman–Crippen MR) is 106 cm³/mol. The summed E-state index contributed by atoms with van der Waals surface area (Å²) in [7, 11) is -0.444. The quantitative estimate of drug-likeness (QED) is 0.836. The van der Waals surface area contributed by atoms with Gasteiger partial charge >= 0.3 is 0 Å². The van der Waals surface area contributed by atoms with E-state index in [0.717, 1.165) is 12.1 Å². The maximum atomic E-state index is 12.3. The summed E-state index contributed by atoms with van der Waals surface area (Å²) in [4.78, 5) is 2.32. The van der Waals surface area contributed by atoms with Crippen molar-refractivity contribution in [2.24, 2.45) is 0 Å². The molecule has 0 saturated heterocycles. The van der Waals surface area contributed by atoms with Crippen molar-refractivity contribution in [3.63, 3.8) is 0 Å². The molecule has 7 heteroatoms. The summed E-state index contributed by atoms with van der Waals surface area (Å²) < 4.78 is 25.8. The first-order valence-electron chi connectivity index (χ1n) is 8.01. The van der Waals surface area contributed by atoms with Gasteiger partial charge in [-0.25, -0.2) is 12.7 Å². The lowest BCUT2D eigenvalue weighted by atomic mass is 10.1. The Balaban J connectivity index is 1.85. The summed E-state index contributed by atoms with van der Waals surface area (Å²) in [5.74, 6) is 0. The van der Waals surface area contributed by atoms with E-state index in [2.05, 4.69) is 29.3 Å². The number of rotatable bonds is 3. The normalized spacial score (nSPS) is 16.8. The number of hydrogen-bond acceptors (Lipinski definition) is 3. The molecule has 1 heterocycles. The van der Waals surface area contributed by atoms with E-state index in [9.17, 15) is 8.42 Å². The van der Waals surface area contributed by atoms with Crippen molar-refractivity contribution in [1.82, 2.24) is 4.31 Å². The standard InChI is InChI=1S/C18H21N3O2S2/c1-13-11-14-7-4-5-10-17(14)21(13)18(24)19-15-8-6-9-16(12-15)25(22,23)20(2)3/h4-10,12-13H,11H2,1-3H3,(H,19,24)/t13-/m0/s1. The Labute approximate surface area is 154 Å². The molecule has 0 fully saturated rings. The summed E-state index contributed by atoms with van der Waals surface area (Å²) in [6.45, 7) is 2.13. The molecule has 2 aromatic rings. The maximum Gasteiger partial charge on any atom is 0.242 e. The molecule has 0 radical (unpaired) electrons. The molecule has 0 amide bonds. The van der Waals surface area contributed by atoms with Gasteiger partial charge in [0.25, 0.3) is 0 Å². The van der Waals surface area contributed by atoms with E-state index in [1.54, 1.807) is 18.2 Å². The summed E-state index contributed by atoms with van der Waals surface area (Å²) in [6, 6.07) is 15.2. The zero-order valence-electron chi connectivity index (χ0n) is 14.4. The molecule has 0 aliphatic carbocycles. The molecule has 2 aromatic carbocycles. The van der Waals surface area contributed by atoms with Gasteiger partial charge < -0.3 is 10.2 Å². The predicted octanol–water partition coefficient (Wildman–Crippen LogP) is 3.08. The average molecular weight is 376 g/mol. The van der Waals surface area contributed by atoms with E-state index in [1.165, 1.54) is 24.0 Å². The van der Waals surface area contributed by atoms with Crippen LogP contribution < -0.4 is 10.2 Å². The SMILES string of the molecule is C[C@H]1Cc2ccccc2N1C(=S)Nc1cccc(S(=O)(=O)N(C)C)c1. The van der Waals surface area contributed by atoms with Gasteiger partial charge in [0.05, 0.1) is 4.90 Å². The van der Waals surface area contributed by atoms with Gasteiger partial charge in [-0.15, -0.1) is 0 Å². The van der Waals surface area contributed by atoms with Crippen molar-refractivity contribution in [3.05, 3.63) is 54.1 Å². The second-order valence-electron chi connectivity index (χ2n) is 6.30. The summed E-state index contributed by atoms with van der Waals surface area (Å²) in [5.41, 5.74) is 3.03. The monoisotopic (exact) mass is 375 g/mol. The second-order valence-corrected chi connectivity index (χ2v) is 8.84. The molecule has 0 unspecified atom stereocenters. The Bertz CT molecular complexity index is 910. The Morgan fingerprint density at radius 1 is 1.20 bits per heavy atom. The van der Waals surface area contributed by atoms with Crippen LogP contribution in [0, 0.1) is 0 Å². The number of thiocarbonyl (C=S) groups is 1. The number of sulfonamides is 1. The lowest BCUT2D eigenvalue weighted by molar-refractivity contribution is 0.521. The fourth-order valence-electron chi connectivity index (χ4n) is 3.00. The molecule has 1 aliphatic heterocycles. The zero-order chi connectivity index (χ0) is 18.2. The van der Waals surface area contributed by atoms with E-state index in [-0.39, 0.29) is 10.9 Å². The molecule has 1 aliphatic rings. The van der Waals surface area contributed by atoms with Crippen LogP contribution in [0.1, 0.15) is 12.5 Å². The lowest BCUT2D eigenvalue weighted by Crippen LogP contribution is -2.38. The number of nitrogens with zero attached hydrogens (tertiary/aromatic N) is 2. The number of para-hydroxylation sites is 1. The van der Waals surface area contributed by atoms with Gasteiger partial charge in [-0.05, 0) is 55.4 Å². The van der Waals surface area contributed by atoms with Crippen LogP contribution in [0.15, 0.2) is 53.4 Å². The largest absolute Gasteiger partial charge is 0.332 e. The highest BCUT2D eigenvalue weighted by Gasteiger charge is 2.28. The minimum absolute atomic E-state index is 0.236. The first kappa shape index (κ1) is 17.8. The number of benzene rings is 2. The molecule has 3 rings (SSSR count). The van der Waals surface area contributed by atoms with Gasteiger partial charge in [0.2, 0.25) is 10.0 Å². The van der Waals surface area contributed by atoms with Crippen molar-refractivity contribution in [2.75, 3.05) is 24.3 Å². The van der Waals surface area contributed by atoms with E-state index in [1.807, 2.05) is 18.2 Å². The minimum Gasteiger partial charge on any atom is -0.332 e. The summed E-state index contributed by atoms with van der Waals surface area (Å²) in [5, 5.41) is 3.75. The zero-order valence-corrected chi connectivity index (χ0v) is 16.1. The molecule has 0 aromatic heterocycles. The molecule has 0 bridgehead atoms. The smallest absolute Gasteiger partial charge is 0.242 e. The van der Waals surface area contributed by atoms with E-state index in [4.69, 9.17) is 12.2 Å². The molecule has 0 saturated carbocycles. The van der Waals surface area contributed by atoms with Gasteiger partial charge in [0.15, 0.2) is 5.11 Å². The molecule has 132 valence electrons. The molecule has 25 heavy (non-hydrogen) atoms. The Morgan fingerprint density at radius 3 is 2.64 bits per heavy atom. The van der Waals surface area contributed by atoms with Gasteiger partial charge in [0, 0.05) is 31.5 Å². The van der Waals surface area contributed by atoms with E-state index in [0.29, 0.717) is 10.8 Å². The number of nitrogens with one attached hydrogen (secondary N) is 1. The fourth-order valence-corrected chi connectivity index (χ4v) is 4.35. The van der Waals surface area contributed by atoms with Crippen LogP contribution in [0.4, 0.5) is 11.4 Å². The van der Waals surface area contributed by atoms with Crippen molar-refractivity contribution in [3.8, 4) is 0 Å². The molecular weight excluding hydrogens is 354 g/mol. The first-order chi connectivity index (χ1) is 11.8. The first-order valence-corrected chi connectivity index (χ1v) is 9.86. The molecule has 1 atom stereocenters. The van der Waals surface area contributed by atoms with E-state index >= 15 is 0 Å². The second kappa shape index (κ2) is 6.74. The van der Waals surface area contributed by atoms with Gasteiger partial charge in [-0.1, -0.05) is 24.3 Å². The third-order valence-electron chi connectivity index (χ3n) is 4.29. The van der Waals surface area contributed by atoms with Crippen molar-refractivity contribution < 1.29 is 8.42 Å². The topological polar surface area (TPSA) is 52.7 Å². The average Bonchev–Trinajstić information content (AvgIpc) is 2.90. The molecule has 0 spiro atoms. The number of fused-ring (bicyclic) bond motifs is 1. The molecule has 1 N–H and O–H groups in total. The van der Waals surface area contributed by atoms with Crippen molar-refractivity contribution in [1.29, 1.82) is 0 Å². The Kier molecular flexibility index (Phi) is 4.81. The maximum absolute atomic E-state index is 12.3. The fraction of sp³-hybridized carbons (Fsp3) is 0.278. The lowest BCUT2D eigenvalue weighted by Gasteiger charge is -2.26. The third kappa shape index (κ3) is 3.40. The van der Waals surface area contributed by atoms with Crippen LogP contribution in [0.3, 0.4) is 0 Å². The highest BCUT2D eigenvalue weighted by molar-refractivity contribution is 7.89. The molecular formula is C18H21N3O2S2. The van der Waals surface area contributed by atoms with Gasteiger partial charge in [-0.3, -0.25) is 0 Å². The van der Waals surface area contributed by atoms with Crippen LogP contribution in [0.25, 0.3) is 0 Å². The van der Waals surface area contributed by atoms with Crippen LogP contribution in [-0.4, -0.2) is 38.0 Å². The third-order valence-corrected chi connectivity index (χ3v) is 6.40. The summed E-state index contributed by atoms with van der Waals surface area (Å²) >= 11 is 5.59. The Morgan fingerprint density at radius 2 is 1.92 bits per heavy atom. The van der Waals surface area contributed by atoms with Crippen molar-refractivity contribution >= 4 is 38.7 Å². The van der Waals surface area contributed by atoms with E-state index < -0.39 is 10.0 Å². The van der Waals surface area contributed by atoms with Gasteiger partial charge in [-0.2, -0.15) is 0 Å². The van der Waals surface area contributed by atoms with Gasteiger partial charge in [0.1, 0.15) is 0 Å². The minimum atomic E-state index is -3.48. The summed E-state index contributed by atoms with van der Waals surface area (Å²) in [6.07, 6.45) is 0.938. The Hall–Kier alpha value is -1.96. The van der Waals surface area contributed by atoms with Crippen LogP contribution in [0.5, 0.6) is 0 Å². The van der Waals surface area contributed by atoms with Crippen LogP contribution in [-0.2, 0) is 16.4 Å². The molecule has 5 nitrogen and oxygen atoms in total. The highest BCUT2D eigenvalue weighted by atomic mass is 32.2. The van der Waals surface area contributed by atoms with Crippen LogP contribution >= 0.6 is 12.2 Å². The highest BCUT2D eigenvalue weighted by Crippen LogP contribution is 2.32. The number of anilines is 2. The van der Waals surface area contributed by atoms with Crippen molar-refractivity contribution in [2.45, 2.75) is 24.3 Å². The number of hydrogen-bond donors (Lipinski definition) is 1.